The number of fused-ring (bicyclic) bond motifs is 1. The van der Waals surface area contributed by atoms with E-state index in [9.17, 15) is 22.8 Å². The summed E-state index contributed by atoms with van der Waals surface area (Å²) < 4.78 is 42.8. The number of amides is 1. The van der Waals surface area contributed by atoms with Crippen molar-refractivity contribution < 1.29 is 27.5 Å². The van der Waals surface area contributed by atoms with E-state index in [1.807, 2.05) is 5.32 Å². The van der Waals surface area contributed by atoms with Crippen molar-refractivity contribution in [2.24, 2.45) is 11.3 Å². The maximum atomic E-state index is 12.6. The molecule has 0 saturated heterocycles. The van der Waals surface area contributed by atoms with Crippen LogP contribution in [0.2, 0.25) is 0 Å². The first-order chi connectivity index (χ1) is 11.4. The fourth-order valence-corrected chi connectivity index (χ4v) is 4.32. The number of thiophene rings is 1. The number of carbonyl (C=O) groups excluding carboxylic acids is 2. The van der Waals surface area contributed by atoms with Gasteiger partial charge in [0.1, 0.15) is 5.00 Å². The van der Waals surface area contributed by atoms with E-state index in [4.69, 9.17) is 4.74 Å². The van der Waals surface area contributed by atoms with Crippen LogP contribution in [0.25, 0.3) is 0 Å². The summed E-state index contributed by atoms with van der Waals surface area (Å²) in [6, 6.07) is 0. The topological polar surface area (TPSA) is 55.4 Å². The van der Waals surface area contributed by atoms with Gasteiger partial charge in [-0.3, -0.25) is 4.79 Å². The predicted octanol–water partition coefficient (Wildman–Crippen LogP) is 4.58. The Morgan fingerprint density at radius 1 is 1.28 bits per heavy atom. The molecule has 25 heavy (non-hydrogen) atoms. The van der Waals surface area contributed by atoms with E-state index in [1.165, 1.54) is 0 Å². The van der Waals surface area contributed by atoms with E-state index in [0.29, 0.717) is 24.3 Å². The number of carbonyl (C=O) groups is 2. The van der Waals surface area contributed by atoms with Crippen molar-refractivity contribution in [3.8, 4) is 0 Å². The normalized spacial score (nSPS) is 17.8. The molecule has 0 aromatic carbocycles. The molecule has 1 aliphatic carbocycles. The highest BCUT2D eigenvalue weighted by molar-refractivity contribution is 7.17. The molecule has 0 radical (unpaired) electrons. The van der Waals surface area contributed by atoms with Crippen molar-refractivity contribution in [1.82, 2.24) is 0 Å². The maximum Gasteiger partial charge on any atom is 0.471 e. The summed E-state index contributed by atoms with van der Waals surface area (Å²) in [6.45, 7) is 8.10. The van der Waals surface area contributed by atoms with Gasteiger partial charge in [-0.1, -0.05) is 20.8 Å². The third-order valence-corrected chi connectivity index (χ3v) is 5.62. The van der Waals surface area contributed by atoms with Crippen LogP contribution >= 0.6 is 11.3 Å². The lowest BCUT2D eigenvalue weighted by Crippen LogP contribution is -2.30. The first-order valence-corrected chi connectivity index (χ1v) is 8.96. The number of esters is 1. The van der Waals surface area contributed by atoms with Crippen molar-refractivity contribution in [1.29, 1.82) is 0 Å². The van der Waals surface area contributed by atoms with Crippen LogP contribution in [-0.4, -0.2) is 24.7 Å². The van der Waals surface area contributed by atoms with Crippen molar-refractivity contribution in [3.05, 3.63) is 16.0 Å². The van der Waals surface area contributed by atoms with E-state index in [0.717, 1.165) is 22.6 Å². The molecule has 140 valence electrons. The van der Waals surface area contributed by atoms with Gasteiger partial charge in [-0.15, -0.1) is 11.3 Å². The van der Waals surface area contributed by atoms with Gasteiger partial charge >= 0.3 is 18.1 Å². The SMILES string of the molecule is CCOC(=O)c1c(NC(=O)C(F)(F)F)sc2c1CC[C@H](C(C)(C)C)C2. The van der Waals surface area contributed by atoms with Crippen LogP contribution in [0.15, 0.2) is 0 Å². The Labute approximate surface area is 148 Å². The van der Waals surface area contributed by atoms with Crippen LogP contribution < -0.4 is 5.32 Å². The smallest absolute Gasteiger partial charge is 0.462 e. The summed E-state index contributed by atoms with van der Waals surface area (Å²) in [5.41, 5.74) is 0.842. The number of nitrogens with one attached hydrogen (secondary N) is 1. The minimum Gasteiger partial charge on any atom is -0.462 e. The molecule has 1 aromatic rings. The van der Waals surface area contributed by atoms with Crippen LogP contribution in [0.5, 0.6) is 0 Å². The summed E-state index contributed by atoms with van der Waals surface area (Å²) in [6.07, 6.45) is -2.90. The molecule has 0 bridgehead atoms. The van der Waals surface area contributed by atoms with E-state index in [1.54, 1.807) is 6.92 Å². The van der Waals surface area contributed by atoms with Crippen LogP contribution in [0.3, 0.4) is 0 Å². The molecule has 2 rings (SSSR count). The third kappa shape index (κ3) is 4.34. The molecule has 0 saturated carbocycles. The summed E-state index contributed by atoms with van der Waals surface area (Å²) in [7, 11) is 0. The van der Waals surface area contributed by atoms with Gasteiger partial charge < -0.3 is 10.1 Å². The second kappa shape index (κ2) is 6.97. The second-order valence-electron chi connectivity index (χ2n) is 7.19. The monoisotopic (exact) mass is 377 g/mol. The van der Waals surface area contributed by atoms with Crippen LogP contribution in [0, 0.1) is 11.3 Å². The number of hydrogen-bond donors (Lipinski definition) is 1. The fraction of sp³-hybridized carbons (Fsp3) is 0.647. The number of anilines is 1. The van der Waals surface area contributed by atoms with Gasteiger partial charge in [-0.25, -0.2) is 4.79 Å². The van der Waals surface area contributed by atoms with Crippen LogP contribution in [0.1, 0.15) is 54.9 Å². The number of halogens is 3. The van der Waals surface area contributed by atoms with E-state index < -0.39 is 18.1 Å². The van der Waals surface area contributed by atoms with Crippen molar-refractivity contribution in [2.45, 2.75) is 53.1 Å². The van der Waals surface area contributed by atoms with Crippen LogP contribution in [0.4, 0.5) is 18.2 Å². The highest BCUT2D eigenvalue weighted by atomic mass is 32.1. The second-order valence-corrected chi connectivity index (χ2v) is 8.29. The summed E-state index contributed by atoms with van der Waals surface area (Å²) in [5.74, 6) is -2.41. The van der Waals surface area contributed by atoms with E-state index in [2.05, 4.69) is 20.8 Å². The maximum absolute atomic E-state index is 12.6. The molecular formula is C17H22F3NO3S. The molecule has 1 aromatic heterocycles. The molecule has 1 N–H and O–H groups in total. The molecule has 1 atom stereocenters. The lowest BCUT2D eigenvalue weighted by molar-refractivity contribution is -0.167. The average molecular weight is 377 g/mol. The molecule has 1 aliphatic rings. The highest BCUT2D eigenvalue weighted by Crippen LogP contribution is 2.44. The molecule has 1 heterocycles. The standard InChI is InChI=1S/C17H22F3NO3S/c1-5-24-14(22)12-10-7-6-9(16(2,3)4)8-11(10)25-13(12)21-15(23)17(18,19)20/h9H,5-8H2,1-4H3,(H,21,23)/t9-/m0/s1. The minimum absolute atomic E-state index is 0.0567. The van der Waals surface area contributed by atoms with Gasteiger partial charge in [-0.05, 0) is 43.1 Å². The Balaban J connectivity index is 2.41. The molecule has 1 amide bonds. The van der Waals surface area contributed by atoms with Gasteiger partial charge in [0.2, 0.25) is 0 Å². The van der Waals surface area contributed by atoms with Crippen molar-refractivity contribution in [2.75, 3.05) is 11.9 Å². The quantitative estimate of drug-likeness (QED) is 0.785. The molecule has 8 heteroatoms. The molecular weight excluding hydrogens is 355 g/mol. The number of rotatable bonds is 3. The Hall–Kier alpha value is -1.57. The lowest BCUT2D eigenvalue weighted by Gasteiger charge is -2.33. The average Bonchev–Trinajstić information content (AvgIpc) is 2.82. The first kappa shape index (κ1) is 19.8. The Kier molecular flexibility index (Phi) is 5.51. The number of ether oxygens (including phenoxy) is 1. The first-order valence-electron chi connectivity index (χ1n) is 8.15. The van der Waals surface area contributed by atoms with Gasteiger partial charge in [0.25, 0.3) is 0 Å². The third-order valence-electron chi connectivity index (χ3n) is 4.45. The zero-order valence-corrected chi connectivity index (χ0v) is 15.5. The number of hydrogen-bond acceptors (Lipinski definition) is 4. The van der Waals surface area contributed by atoms with Gasteiger partial charge in [-0.2, -0.15) is 13.2 Å². The summed E-state index contributed by atoms with van der Waals surface area (Å²) in [5, 5.41) is 1.79. The van der Waals surface area contributed by atoms with Gasteiger partial charge in [0.15, 0.2) is 0 Å². The molecule has 4 nitrogen and oxygen atoms in total. The zero-order valence-electron chi connectivity index (χ0n) is 14.7. The Morgan fingerprint density at radius 2 is 1.92 bits per heavy atom. The summed E-state index contributed by atoms with van der Waals surface area (Å²) >= 11 is 1.05. The molecule has 0 aliphatic heterocycles. The van der Waals surface area contributed by atoms with Gasteiger partial charge in [0.05, 0.1) is 12.2 Å². The predicted molar refractivity (Wildman–Crippen MR) is 89.9 cm³/mol. The molecule has 0 unspecified atom stereocenters. The largest absolute Gasteiger partial charge is 0.471 e. The van der Waals surface area contributed by atoms with E-state index >= 15 is 0 Å². The fourth-order valence-electron chi connectivity index (χ4n) is 3.01. The molecule has 0 spiro atoms. The zero-order chi connectivity index (χ0) is 19.0. The van der Waals surface area contributed by atoms with Crippen molar-refractivity contribution in [3.63, 3.8) is 0 Å². The minimum atomic E-state index is -5.01. The van der Waals surface area contributed by atoms with Crippen LogP contribution in [-0.2, 0) is 22.4 Å². The summed E-state index contributed by atoms with van der Waals surface area (Å²) in [4.78, 5) is 24.4. The highest BCUT2D eigenvalue weighted by Gasteiger charge is 2.41. The number of alkyl halides is 3. The lowest BCUT2D eigenvalue weighted by atomic mass is 9.72. The molecule has 0 fully saturated rings. The Morgan fingerprint density at radius 3 is 2.44 bits per heavy atom. The van der Waals surface area contributed by atoms with Crippen molar-refractivity contribution >= 4 is 28.2 Å². The Bertz CT molecular complexity index is 674. The van der Waals surface area contributed by atoms with Gasteiger partial charge in [0, 0.05) is 4.88 Å². The van der Waals surface area contributed by atoms with E-state index in [-0.39, 0.29) is 22.6 Å².